The number of rotatable bonds is 5. The Labute approximate surface area is 242 Å². The van der Waals surface area contributed by atoms with Gasteiger partial charge in [0.2, 0.25) is 11.8 Å². The molecule has 2 aromatic heterocycles. The van der Waals surface area contributed by atoms with Crippen LogP contribution in [0.2, 0.25) is 0 Å². The van der Waals surface area contributed by atoms with Crippen LogP contribution in [-0.4, -0.2) is 29.0 Å². The number of oxazole rings is 2. The van der Waals surface area contributed by atoms with Crippen LogP contribution < -0.4 is 9.47 Å². The van der Waals surface area contributed by atoms with E-state index >= 15 is 0 Å². The van der Waals surface area contributed by atoms with E-state index in [9.17, 15) is 31.1 Å². The van der Waals surface area contributed by atoms with Crippen molar-refractivity contribution in [2.24, 2.45) is 0 Å². The number of aromatic nitrogens is 2. The van der Waals surface area contributed by atoms with Crippen molar-refractivity contribution in [1.82, 2.24) is 9.97 Å². The highest BCUT2D eigenvalue weighted by Crippen LogP contribution is 2.31. The normalized spacial score (nSPS) is 11.5. The Morgan fingerprint density at radius 3 is 1.55 bits per heavy atom. The van der Waals surface area contributed by atoms with Crippen molar-refractivity contribution in [3.05, 3.63) is 102 Å². The van der Waals surface area contributed by atoms with Gasteiger partial charge in [0, 0.05) is 16.7 Å². The third-order valence-electron chi connectivity index (χ3n) is 5.72. The van der Waals surface area contributed by atoms with Crippen molar-refractivity contribution in [2.45, 2.75) is 12.7 Å². The van der Waals surface area contributed by atoms with E-state index in [0.29, 0.717) is 50.9 Å². The monoisotopic (exact) mass is 611 g/mol. The molecule has 8 nitrogen and oxygen atoms in total. The van der Waals surface area contributed by atoms with E-state index in [1.54, 1.807) is 36.4 Å². The lowest BCUT2D eigenvalue weighted by atomic mass is 10.2. The summed E-state index contributed by atoms with van der Waals surface area (Å²) in [6.45, 7) is 6.95. The topological polar surface area (TPSA) is 92.0 Å². The van der Waals surface area contributed by atoms with Gasteiger partial charge in [0.05, 0.1) is 12.1 Å². The fraction of sp³-hybridized carbons (Fsp3) is 0.0667. The Morgan fingerprint density at radius 1 is 0.659 bits per heavy atom. The first-order valence-electron chi connectivity index (χ1n) is 12.3. The molecule has 6 rings (SSSR count). The molecule has 0 aliphatic rings. The summed E-state index contributed by atoms with van der Waals surface area (Å²) >= 11 is 0. The SMILES string of the molecule is O=Cc1ccc2oc(-c3ccc(OC(F)(F)F)cc3)nc2c1.[C-]#[N+]c1ccc2oc(-c3ccc(OC(F)(F)F)cc3)nc2c1. The smallest absolute Gasteiger partial charge is 0.436 e. The van der Waals surface area contributed by atoms with Crippen LogP contribution in [0.4, 0.5) is 32.0 Å². The van der Waals surface area contributed by atoms with E-state index in [1.807, 2.05) is 0 Å². The molecule has 2 heterocycles. The highest BCUT2D eigenvalue weighted by Gasteiger charge is 2.31. The average molecular weight is 611 g/mol. The molecule has 0 unspecified atom stereocenters. The summed E-state index contributed by atoms with van der Waals surface area (Å²) in [5.74, 6) is -0.134. The summed E-state index contributed by atoms with van der Waals surface area (Å²) in [4.78, 5) is 22.4. The summed E-state index contributed by atoms with van der Waals surface area (Å²) in [5.41, 5.74) is 3.89. The average Bonchev–Trinajstić information content (AvgIpc) is 3.60. The molecule has 0 bridgehead atoms. The fourth-order valence-corrected chi connectivity index (χ4v) is 3.85. The molecule has 222 valence electrons. The maximum absolute atomic E-state index is 12.1. The number of carbonyl (C=O) groups excluding carboxylic acids is 1. The molecule has 0 aliphatic heterocycles. The molecule has 0 saturated carbocycles. The molecule has 6 aromatic rings. The van der Waals surface area contributed by atoms with Gasteiger partial charge in [0.1, 0.15) is 23.3 Å². The van der Waals surface area contributed by atoms with Gasteiger partial charge >= 0.3 is 12.7 Å². The van der Waals surface area contributed by atoms with Gasteiger partial charge in [-0.15, -0.1) is 26.3 Å². The first-order chi connectivity index (χ1) is 20.9. The van der Waals surface area contributed by atoms with Crippen molar-refractivity contribution in [3.8, 4) is 34.4 Å². The van der Waals surface area contributed by atoms with Gasteiger partial charge in [-0.2, -0.15) is 0 Å². The van der Waals surface area contributed by atoms with Gasteiger partial charge in [-0.05, 0) is 78.9 Å². The van der Waals surface area contributed by atoms with Gasteiger partial charge in [0.15, 0.2) is 16.9 Å². The van der Waals surface area contributed by atoms with Gasteiger partial charge in [-0.3, -0.25) is 4.79 Å². The van der Waals surface area contributed by atoms with Crippen molar-refractivity contribution in [2.75, 3.05) is 0 Å². The van der Waals surface area contributed by atoms with Crippen LogP contribution in [0.1, 0.15) is 10.4 Å². The first kappa shape index (κ1) is 29.6. The van der Waals surface area contributed by atoms with E-state index in [-0.39, 0.29) is 23.3 Å². The Morgan fingerprint density at radius 2 is 1.11 bits per heavy atom. The number of hydrogen-bond acceptors (Lipinski definition) is 7. The first-order valence-corrected chi connectivity index (χ1v) is 12.3. The number of halogens is 6. The summed E-state index contributed by atoms with van der Waals surface area (Å²) < 4.78 is 91.2. The van der Waals surface area contributed by atoms with Crippen LogP contribution in [0, 0.1) is 6.57 Å². The minimum absolute atomic E-state index is 0.247. The maximum Gasteiger partial charge on any atom is 0.573 e. The largest absolute Gasteiger partial charge is 0.573 e. The van der Waals surface area contributed by atoms with Crippen LogP contribution >= 0.6 is 0 Å². The van der Waals surface area contributed by atoms with Crippen LogP contribution in [-0.2, 0) is 0 Å². The van der Waals surface area contributed by atoms with Crippen molar-refractivity contribution in [3.63, 3.8) is 0 Å². The number of ether oxygens (including phenoxy) is 2. The Kier molecular flexibility index (Phi) is 7.95. The number of alkyl halides is 6. The predicted octanol–water partition coefficient (Wildman–Crippen LogP) is 9.15. The van der Waals surface area contributed by atoms with E-state index in [0.717, 1.165) is 0 Å². The van der Waals surface area contributed by atoms with E-state index in [1.165, 1.54) is 48.5 Å². The van der Waals surface area contributed by atoms with Crippen LogP contribution in [0.15, 0.2) is 93.8 Å². The second-order valence-corrected chi connectivity index (χ2v) is 8.79. The summed E-state index contributed by atoms with van der Waals surface area (Å²) in [6, 6.07) is 19.9. The molecule has 14 heteroatoms. The predicted molar refractivity (Wildman–Crippen MR) is 144 cm³/mol. The van der Waals surface area contributed by atoms with E-state index in [4.69, 9.17) is 15.4 Å². The summed E-state index contributed by atoms with van der Waals surface area (Å²) in [6.07, 6.45) is -8.77. The molecule has 0 radical (unpaired) electrons. The minimum Gasteiger partial charge on any atom is -0.436 e. The van der Waals surface area contributed by atoms with Gasteiger partial charge in [0.25, 0.3) is 0 Å². The van der Waals surface area contributed by atoms with E-state index < -0.39 is 12.7 Å². The molecule has 0 fully saturated rings. The lowest BCUT2D eigenvalue weighted by molar-refractivity contribution is -0.275. The molecule has 4 aromatic carbocycles. The van der Waals surface area contributed by atoms with Gasteiger partial charge < -0.3 is 18.3 Å². The summed E-state index contributed by atoms with van der Waals surface area (Å²) in [7, 11) is 0. The fourth-order valence-electron chi connectivity index (χ4n) is 3.85. The Hall–Kier alpha value is -5.84. The minimum atomic E-state index is -4.73. The van der Waals surface area contributed by atoms with E-state index in [2.05, 4.69) is 24.3 Å². The molecule has 0 saturated heterocycles. The van der Waals surface area contributed by atoms with Gasteiger partial charge in [-0.25, -0.2) is 14.8 Å². The number of nitrogens with zero attached hydrogens (tertiary/aromatic N) is 3. The van der Waals surface area contributed by atoms with Crippen LogP contribution in [0.5, 0.6) is 11.5 Å². The third-order valence-corrected chi connectivity index (χ3v) is 5.72. The van der Waals surface area contributed by atoms with Crippen molar-refractivity contribution >= 4 is 34.2 Å². The lowest BCUT2D eigenvalue weighted by Gasteiger charge is -2.08. The number of hydrogen-bond donors (Lipinski definition) is 0. The molecule has 0 atom stereocenters. The van der Waals surface area contributed by atoms with Crippen LogP contribution in [0.25, 0.3) is 50.0 Å². The molecular formula is C30H15F6N3O5. The zero-order chi connectivity index (χ0) is 31.5. The summed E-state index contributed by atoms with van der Waals surface area (Å²) in [5, 5.41) is 0. The zero-order valence-electron chi connectivity index (χ0n) is 21.8. The third kappa shape index (κ3) is 7.32. The molecule has 44 heavy (non-hydrogen) atoms. The van der Waals surface area contributed by atoms with Crippen molar-refractivity contribution in [1.29, 1.82) is 0 Å². The maximum atomic E-state index is 12.1. The standard InChI is InChI=1S/C15H7F3N2O2.C15H8F3NO3/c1-19-10-4-7-13-12(8-10)20-14(21-13)9-2-5-11(6-3-9)22-15(16,17)18;16-15(17,18)22-11-4-2-10(3-5-11)14-19-12-7-9(8-20)1-6-13(12)21-14/h2-8H;1-8H. The second kappa shape index (κ2) is 11.8. The lowest BCUT2D eigenvalue weighted by Crippen LogP contribution is -2.16. The van der Waals surface area contributed by atoms with Crippen LogP contribution in [0.3, 0.4) is 0 Å². The highest BCUT2D eigenvalue weighted by molar-refractivity contribution is 5.85. The quantitative estimate of drug-likeness (QED) is 0.109. The number of carbonyl (C=O) groups is 1. The molecule has 0 N–H and O–H groups in total. The van der Waals surface area contributed by atoms with Crippen molar-refractivity contribution < 1.29 is 49.4 Å². The number of fused-ring (bicyclic) bond motifs is 2. The second-order valence-electron chi connectivity index (χ2n) is 8.79. The highest BCUT2D eigenvalue weighted by atomic mass is 19.4. The molecule has 0 spiro atoms. The van der Waals surface area contributed by atoms with Gasteiger partial charge in [-0.1, -0.05) is 6.07 Å². The molecule has 0 amide bonds. The molecular weight excluding hydrogens is 596 g/mol. The Bertz CT molecular complexity index is 1970. The number of aldehydes is 1. The Balaban J connectivity index is 0.000000175. The molecule has 0 aliphatic carbocycles. The zero-order valence-corrected chi connectivity index (χ0v) is 21.8. The number of benzene rings is 4.